The topological polar surface area (TPSA) is 55.1 Å². The van der Waals surface area contributed by atoms with Crippen LogP contribution in [0.4, 0.5) is 0 Å². The lowest BCUT2D eigenvalue weighted by atomic mass is 9.72. The first-order valence-electron chi connectivity index (χ1n) is 10.7. The molecule has 0 aliphatic rings. The van der Waals surface area contributed by atoms with Gasteiger partial charge in [-0.1, -0.05) is 87.0 Å². The van der Waals surface area contributed by atoms with Gasteiger partial charge in [-0.3, -0.25) is 4.79 Å². The van der Waals surface area contributed by atoms with E-state index in [1.54, 1.807) is 0 Å². The Bertz CT molecular complexity index is 357. The first-order valence-corrected chi connectivity index (χ1v) is 10.7. The van der Waals surface area contributed by atoms with Gasteiger partial charge < -0.3 is 11.1 Å². The average Bonchev–Trinajstić information content (AvgIpc) is 2.55. The largest absolute Gasteiger partial charge is 0.368 e. The highest BCUT2D eigenvalue weighted by Gasteiger charge is 2.43. The van der Waals surface area contributed by atoms with Crippen LogP contribution in [0.1, 0.15) is 106 Å². The molecule has 0 aliphatic heterocycles. The molecule has 0 heterocycles. The third-order valence-electron chi connectivity index (χ3n) is 6.30. The van der Waals surface area contributed by atoms with Crippen LogP contribution in [0.2, 0.25) is 0 Å². The Labute approximate surface area is 157 Å². The smallest absolute Gasteiger partial charge is 0.238 e. The maximum atomic E-state index is 12.7. The van der Waals surface area contributed by atoms with Gasteiger partial charge in [0.05, 0.1) is 0 Å². The summed E-state index contributed by atoms with van der Waals surface area (Å²) in [6.45, 7) is 16.6. The minimum absolute atomic E-state index is 0.141. The van der Waals surface area contributed by atoms with E-state index in [2.05, 4.69) is 53.8 Å². The fourth-order valence-corrected chi connectivity index (χ4v) is 3.43. The summed E-state index contributed by atoms with van der Waals surface area (Å²) in [5, 5.41) is 3.73. The van der Waals surface area contributed by atoms with E-state index in [1.807, 2.05) is 0 Å². The van der Waals surface area contributed by atoms with Gasteiger partial charge in [0.25, 0.3) is 0 Å². The van der Waals surface area contributed by atoms with Gasteiger partial charge in [-0.2, -0.15) is 0 Å². The van der Waals surface area contributed by atoms with E-state index in [-0.39, 0.29) is 11.3 Å². The molecule has 1 atom stereocenters. The lowest BCUT2D eigenvalue weighted by molar-refractivity contribution is -0.128. The molecule has 0 rings (SSSR count). The van der Waals surface area contributed by atoms with E-state index in [4.69, 9.17) is 5.73 Å². The lowest BCUT2D eigenvalue weighted by Crippen LogP contribution is -2.62. The molecule has 0 aromatic heterocycles. The van der Waals surface area contributed by atoms with E-state index in [0.29, 0.717) is 11.8 Å². The molecule has 3 N–H and O–H groups in total. The highest BCUT2D eigenvalue weighted by Crippen LogP contribution is 2.34. The summed E-state index contributed by atoms with van der Waals surface area (Å²) in [5.74, 6) is 0.763. The number of primary amides is 1. The van der Waals surface area contributed by atoms with Gasteiger partial charge in [-0.15, -0.1) is 0 Å². The molecule has 0 aromatic rings. The number of hydrogen-bond donors (Lipinski definition) is 2. The van der Waals surface area contributed by atoms with Crippen molar-refractivity contribution in [2.24, 2.45) is 23.0 Å². The first kappa shape index (κ1) is 24.4. The van der Waals surface area contributed by atoms with Crippen LogP contribution in [0.25, 0.3) is 0 Å². The third-order valence-corrected chi connectivity index (χ3v) is 6.30. The molecule has 1 amide bonds. The second-order valence-corrected chi connectivity index (χ2v) is 8.92. The van der Waals surface area contributed by atoms with Crippen molar-refractivity contribution in [3.63, 3.8) is 0 Å². The van der Waals surface area contributed by atoms with Crippen molar-refractivity contribution in [1.29, 1.82) is 0 Å². The Hall–Kier alpha value is -0.570. The summed E-state index contributed by atoms with van der Waals surface area (Å²) in [5.41, 5.74) is 5.66. The van der Waals surface area contributed by atoms with Crippen LogP contribution >= 0.6 is 0 Å². The predicted molar refractivity (Wildman–Crippen MR) is 111 cm³/mol. The Morgan fingerprint density at radius 1 is 0.960 bits per heavy atom. The number of unbranched alkanes of at least 4 members (excludes halogenated alkanes) is 3. The molecule has 0 fully saturated rings. The summed E-state index contributed by atoms with van der Waals surface area (Å²) in [4.78, 5) is 12.7. The number of nitrogens with one attached hydrogen (secondary N) is 1. The minimum Gasteiger partial charge on any atom is -0.368 e. The van der Waals surface area contributed by atoms with Gasteiger partial charge in [-0.05, 0) is 36.5 Å². The number of hydrogen-bond acceptors (Lipinski definition) is 2. The first-order chi connectivity index (χ1) is 11.7. The Morgan fingerprint density at radius 2 is 1.44 bits per heavy atom. The summed E-state index contributed by atoms with van der Waals surface area (Å²) >= 11 is 0. The van der Waals surface area contributed by atoms with Crippen LogP contribution in [0.15, 0.2) is 0 Å². The third kappa shape index (κ3) is 7.68. The fourth-order valence-electron chi connectivity index (χ4n) is 3.43. The molecule has 1 unspecified atom stereocenters. The van der Waals surface area contributed by atoms with E-state index < -0.39 is 5.54 Å². The Morgan fingerprint density at radius 3 is 1.80 bits per heavy atom. The highest BCUT2D eigenvalue weighted by atomic mass is 16.1. The van der Waals surface area contributed by atoms with E-state index >= 15 is 0 Å². The zero-order chi connectivity index (χ0) is 19.5. The SMILES string of the molecule is CCCCC(CCCC)C(CCCC)(NCC(C)(C)C(C)C)C(N)=O. The lowest BCUT2D eigenvalue weighted by Gasteiger charge is -2.43. The normalized spacial score (nSPS) is 14.9. The molecule has 0 spiro atoms. The zero-order valence-corrected chi connectivity index (χ0v) is 18.2. The molecular formula is C22H46N2O. The molecule has 0 saturated heterocycles. The quantitative estimate of drug-likeness (QED) is 0.398. The van der Waals surface area contributed by atoms with Crippen LogP contribution in [0.3, 0.4) is 0 Å². The highest BCUT2D eigenvalue weighted by molar-refractivity contribution is 5.85. The Balaban J connectivity index is 5.58. The van der Waals surface area contributed by atoms with Crippen LogP contribution in [0.5, 0.6) is 0 Å². The maximum absolute atomic E-state index is 12.7. The molecule has 0 bridgehead atoms. The Kier molecular flexibility index (Phi) is 11.7. The number of amides is 1. The van der Waals surface area contributed by atoms with Gasteiger partial charge in [0, 0.05) is 6.54 Å². The number of rotatable bonds is 15. The minimum atomic E-state index is -0.549. The van der Waals surface area contributed by atoms with Crippen molar-refractivity contribution in [1.82, 2.24) is 5.32 Å². The number of carbonyl (C=O) groups is 1. The predicted octanol–water partition coefficient (Wildman–Crippen LogP) is 5.67. The molecule has 3 nitrogen and oxygen atoms in total. The molecular weight excluding hydrogens is 308 g/mol. The standard InChI is InChI=1S/C22H46N2O/c1-8-11-14-19(15-12-9-2)22(20(23)25,16-13-10-3)24-17-21(6,7)18(4)5/h18-19,24H,8-17H2,1-7H3,(H2,23,25). The fraction of sp³-hybridized carbons (Fsp3) is 0.955. The molecule has 0 saturated carbocycles. The van der Waals surface area contributed by atoms with Crippen molar-refractivity contribution in [3.05, 3.63) is 0 Å². The van der Waals surface area contributed by atoms with Gasteiger partial charge in [0.1, 0.15) is 5.54 Å². The van der Waals surface area contributed by atoms with Crippen molar-refractivity contribution < 1.29 is 4.79 Å². The molecule has 25 heavy (non-hydrogen) atoms. The second-order valence-electron chi connectivity index (χ2n) is 8.92. The summed E-state index contributed by atoms with van der Waals surface area (Å²) < 4.78 is 0. The molecule has 0 radical (unpaired) electrons. The molecule has 0 aromatic carbocycles. The van der Waals surface area contributed by atoms with E-state index in [9.17, 15) is 4.79 Å². The van der Waals surface area contributed by atoms with Gasteiger partial charge >= 0.3 is 0 Å². The van der Waals surface area contributed by atoms with E-state index in [1.165, 1.54) is 25.7 Å². The van der Waals surface area contributed by atoms with Gasteiger partial charge in [0.2, 0.25) is 5.91 Å². The van der Waals surface area contributed by atoms with Crippen LogP contribution < -0.4 is 11.1 Å². The van der Waals surface area contributed by atoms with Gasteiger partial charge in [-0.25, -0.2) is 0 Å². The van der Waals surface area contributed by atoms with Gasteiger partial charge in [0.15, 0.2) is 0 Å². The monoisotopic (exact) mass is 354 g/mol. The molecule has 150 valence electrons. The zero-order valence-electron chi connectivity index (χ0n) is 18.2. The van der Waals surface area contributed by atoms with E-state index in [0.717, 1.165) is 38.6 Å². The van der Waals surface area contributed by atoms with Crippen LogP contribution in [-0.2, 0) is 4.79 Å². The van der Waals surface area contributed by atoms with Crippen molar-refractivity contribution in [2.75, 3.05) is 6.54 Å². The summed E-state index contributed by atoms with van der Waals surface area (Å²) in [6.07, 6.45) is 9.88. The van der Waals surface area contributed by atoms with Crippen molar-refractivity contribution >= 4 is 5.91 Å². The molecule has 0 aliphatic carbocycles. The van der Waals surface area contributed by atoms with Crippen molar-refractivity contribution in [3.8, 4) is 0 Å². The second kappa shape index (κ2) is 11.9. The maximum Gasteiger partial charge on any atom is 0.238 e. The van der Waals surface area contributed by atoms with Crippen LogP contribution in [-0.4, -0.2) is 18.0 Å². The number of carbonyl (C=O) groups excluding carboxylic acids is 1. The number of nitrogens with two attached hydrogens (primary N) is 1. The summed E-state index contributed by atoms with van der Waals surface area (Å²) in [6, 6.07) is 0. The average molecular weight is 355 g/mol. The van der Waals surface area contributed by atoms with Crippen LogP contribution in [0, 0.1) is 17.3 Å². The molecule has 3 heteroatoms. The van der Waals surface area contributed by atoms with Crippen molar-refractivity contribution in [2.45, 2.75) is 112 Å². The summed E-state index contributed by atoms with van der Waals surface area (Å²) in [7, 11) is 0.